The fraction of sp³-hybridized carbons (Fsp3) is 0.222. The van der Waals surface area contributed by atoms with Gasteiger partial charge in [-0.15, -0.1) is 0 Å². The topological polar surface area (TPSA) is 79.1 Å². The van der Waals surface area contributed by atoms with Gasteiger partial charge in [0.25, 0.3) is 5.56 Å². The van der Waals surface area contributed by atoms with E-state index in [1.807, 2.05) is 49.4 Å². The third-order valence-corrected chi connectivity index (χ3v) is 6.48. The molecule has 1 atom stereocenters. The number of thiazole rings is 1. The third kappa shape index (κ3) is 4.97. The molecule has 0 amide bonds. The second kappa shape index (κ2) is 10.6. The summed E-state index contributed by atoms with van der Waals surface area (Å²) >= 11 is 1.28. The van der Waals surface area contributed by atoms with Crippen molar-refractivity contribution in [2.75, 3.05) is 20.3 Å². The van der Waals surface area contributed by atoms with Crippen LogP contribution < -0.4 is 24.4 Å². The van der Waals surface area contributed by atoms with Crippen LogP contribution in [0.2, 0.25) is 0 Å². The largest absolute Gasteiger partial charge is 0.497 e. The molecular formula is C27H26N2O5S. The van der Waals surface area contributed by atoms with Crippen molar-refractivity contribution in [2.45, 2.75) is 19.9 Å². The zero-order valence-electron chi connectivity index (χ0n) is 19.8. The molecule has 1 aromatic heterocycles. The van der Waals surface area contributed by atoms with Crippen LogP contribution >= 0.6 is 11.3 Å². The van der Waals surface area contributed by atoms with Crippen molar-refractivity contribution in [1.29, 1.82) is 0 Å². The number of esters is 1. The monoisotopic (exact) mass is 490 g/mol. The molecule has 180 valence electrons. The Balaban J connectivity index is 1.86. The Hall–Kier alpha value is -3.91. The highest BCUT2D eigenvalue weighted by Gasteiger charge is 2.33. The van der Waals surface area contributed by atoms with E-state index >= 15 is 0 Å². The van der Waals surface area contributed by atoms with Gasteiger partial charge in [-0.2, -0.15) is 0 Å². The van der Waals surface area contributed by atoms with Gasteiger partial charge in [0.1, 0.15) is 18.1 Å². The summed E-state index contributed by atoms with van der Waals surface area (Å²) in [5.41, 5.74) is 2.20. The molecule has 0 saturated heterocycles. The maximum absolute atomic E-state index is 13.6. The summed E-state index contributed by atoms with van der Waals surface area (Å²) in [6.45, 7) is 7.93. The fourth-order valence-corrected chi connectivity index (χ4v) is 4.92. The van der Waals surface area contributed by atoms with Crippen LogP contribution in [0.5, 0.6) is 11.5 Å². The van der Waals surface area contributed by atoms with E-state index in [0.717, 1.165) is 16.9 Å². The lowest BCUT2D eigenvalue weighted by molar-refractivity contribution is -0.138. The smallest absolute Gasteiger partial charge is 0.338 e. The molecule has 2 heterocycles. The Bertz CT molecular complexity index is 1450. The second-order valence-electron chi connectivity index (χ2n) is 7.74. The Morgan fingerprint density at radius 3 is 2.46 bits per heavy atom. The first-order valence-corrected chi connectivity index (χ1v) is 12.0. The molecule has 1 aliphatic heterocycles. The highest BCUT2D eigenvalue weighted by molar-refractivity contribution is 7.07. The van der Waals surface area contributed by atoms with Crippen molar-refractivity contribution in [3.05, 3.63) is 103 Å². The first-order valence-electron chi connectivity index (χ1n) is 11.1. The Morgan fingerprint density at radius 2 is 1.83 bits per heavy atom. The summed E-state index contributed by atoms with van der Waals surface area (Å²) < 4.78 is 18.2. The van der Waals surface area contributed by atoms with Crippen molar-refractivity contribution >= 4 is 23.4 Å². The van der Waals surface area contributed by atoms with Crippen LogP contribution in [0.1, 0.15) is 31.0 Å². The average molecular weight is 491 g/mol. The number of ether oxygens (including phenoxy) is 3. The van der Waals surface area contributed by atoms with Crippen molar-refractivity contribution in [1.82, 2.24) is 4.57 Å². The van der Waals surface area contributed by atoms with Gasteiger partial charge in [0.2, 0.25) is 0 Å². The summed E-state index contributed by atoms with van der Waals surface area (Å²) in [4.78, 5) is 31.8. The van der Waals surface area contributed by atoms with Gasteiger partial charge in [0.05, 0.1) is 35.6 Å². The molecule has 4 rings (SSSR count). The van der Waals surface area contributed by atoms with E-state index in [-0.39, 0.29) is 12.2 Å². The van der Waals surface area contributed by atoms with E-state index in [1.54, 1.807) is 30.7 Å². The van der Waals surface area contributed by atoms with Crippen molar-refractivity contribution in [3.63, 3.8) is 0 Å². The number of allylic oxidation sites excluding steroid dienone is 1. The van der Waals surface area contributed by atoms with Crippen LogP contribution in [0.3, 0.4) is 0 Å². The first kappa shape index (κ1) is 24.2. The summed E-state index contributed by atoms with van der Waals surface area (Å²) in [6, 6.07) is 14.1. The number of aromatic nitrogens is 1. The zero-order chi connectivity index (χ0) is 24.9. The molecule has 0 radical (unpaired) electrons. The van der Waals surface area contributed by atoms with Gasteiger partial charge in [-0.3, -0.25) is 9.36 Å². The predicted molar refractivity (Wildman–Crippen MR) is 136 cm³/mol. The highest BCUT2D eigenvalue weighted by Crippen LogP contribution is 2.31. The van der Waals surface area contributed by atoms with Gasteiger partial charge < -0.3 is 14.2 Å². The number of hydrogen-bond acceptors (Lipinski definition) is 7. The molecular weight excluding hydrogens is 464 g/mol. The second-order valence-corrected chi connectivity index (χ2v) is 8.75. The van der Waals surface area contributed by atoms with E-state index in [0.29, 0.717) is 33.0 Å². The number of carbonyl (C=O) groups excluding carboxylic acids is 1. The number of methoxy groups -OCH3 is 1. The van der Waals surface area contributed by atoms with Crippen molar-refractivity contribution in [2.24, 2.45) is 4.99 Å². The van der Waals surface area contributed by atoms with Crippen LogP contribution in [0.25, 0.3) is 6.08 Å². The van der Waals surface area contributed by atoms with Crippen LogP contribution in [0.4, 0.5) is 0 Å². The number of fused-ring (bicyclic) bond motifs is 1. The number of hydrogen-bond donors (Lipinski definition) is 0. The summed E-state index contributed by atoms with van der Waals surface area (Å²) in [5.74, 6) is 0.907. The molecule has 7 nitrogen and oxygen atoms in total. The number of carbonyl (C=O) groups is 1. The maximum atomic E-state index is 13.6. The van der Waals surface area contributed by atoms with E-state index in [9.17, 15) is 9.59 Å². The predicted octanol–water partition coefficient (Wildman–Crippen LogP) is 3.37. The molecule has 0 fully saturated rings. The van der Waals surface area contributed by atoms with Crippen LogP contribution in [-0.2, 0) is 9.53 Å². The van der Waals surface area contributed by atoms with Crippen LogP contribution in [-0.4, -0.2) is 30.9 Å². The molecule has 8 heteroatoms. The zero-order valence-corrected chi connectivity index (χ0v) is 20.6. The Labute approximate surface area is 206 Å². The molecule has 0 N–H and O–H groups in total. The maximum Gasteiger partial charge on any atom is 0.338 e. The molecule has 35 heavy (non-hydrogen) atoms. The lowest BCUT2D eigenvalue weighted by Gasteiger charge is -2.24. The molecule has 0 spiro atoms. The lowest BCUT2D eigenvalue weighted by Crippen LogP contribution is -2.39. The van der Waals surface area contributed by atoms with E-state index in [2.05, 4.69) is 11.6 Å². The van der Waals surface area contributed by atoms with Crippen LogP contribution in [0.15, 0.2) is 82.2 Å². The molecule has 0 bridgehead atoms. The minimum atomic E-state index is -0.683. The van der Waals surface area contributed by atoms with Gasteiger partial charge >= 0.3 is 5.97 Å². The molecule has 0 aliphatic carbocycles. The number of benzene rings is 2. The molecule has 3 aromatic rings. The van der Waals surface area contributed by atoms with Gasteiger partial charge in [0.15, 0.2) is 4.80 Å². The average Bonchev–Trinajstić information content (AvgIpc) is 3.17. The lowest BCUT2D eigenvalue weighted by atomic mass is 9.96. The third-order valence-electron chi connectivity index (χ3n) is 5.49. The Morgan fingerprint density at radius 1 is 1.14 bits per heavy atom. The summed E-state index contributed by atoms with van der Waals surface area (Å²) in [7, 11) is 1.58. The SMILES string of the molecule is C=CCOC(=O)C1=C(C)N=c2sc(=Cc3ccc(OCC)cc3)c(=O)n2C1c1ccc(OC)cc1. The van der Waals surface area contributed by atoms with E-state index in [4.69, 9.17) is 14.2 Å². The number of rotatable bonds is 8. The van der Waals surface area contributed by atoms with Gasteiger partial charge in [0, 0.05) is 0 Å². The first-order chi connectivity index (χ1) is 17.0. The quantitative estimate of drug-likeness (QED) is 0.357. The van der Waals surface area contributed by atoms with E-state index in [1.165, 1.54) is 17.4 Å². The van der Waals surface area contributed by atoms with Gasteiger partial charge in [-0.05, 0) is 55.3 Å². The van der Waals surface area contributed by atoms with Crippen molar-refractivity contribution < 1.29 is 19.0 Å². The summed E-state index contributed by atoms with van der Waals surface area (Å²) in [5, 5.41) is 0. The summed E-state index contributed by atoms with van der Waals surface area (Å²) in [6.07, 6.45) is 3.32. The van der Waals surface area contributed by atoms with Gasteiger partial charge in [-0.1, -0.05) is 48.3 Å². The minimum absolute atomic E-state index is 0.0626. The van der Waals surface area contributed by atoms with E-state index < -0.39 is 12.0 Å². The molecule has 1 aliphatic rings. The highest BCUT2D eigenvalue weighted by atomic mass is 32.1. The molecule has 0 saturated carbocycles. The molecule has 2 aromatic carbocycles. The number of nitrogens with zero attached hydrogens (tertiary/aromatic N) is 2. The van der Waals surface area contributed by atoms with Crippen molar-refractivity contribution in [3.8, 4) is 11.5 Å². The standard InChI is InChI=1S/C27H26N2O5S/c1-5-15-34-26(31)23-17(3)28-27-29(24(23)19-9-13-20(32-4)14-10-19)25(30)22(35-27)16-18-7-11-21(12-8-18)33-6-2/h5,7-14,16,24H,1,6,15H2,2-4H3. The Kier molecular flexibility index (Phi) is 7.31. The fourth-order valence-electron chi connectivity index (χ4n) is 3.87. The van der Waals surface area contributed by atoms with Crippen LogP contribution in [0, 0.1) is 0 Å². The molecule has 1 unspecified atom stereocenters. The minimum Gasteiger partial charge on any atom is -0.497 e. The van der Waals surface area contributed by atoms with Gasteiger partial charge in [-0.25, -0.2) is 9.79 Å². The normalized spacial score (nSPS) is 15.3.